The first-order valence-corrected chi connectivity index (χ1v) is 7.92. The summed E-state index contributed by atoms with van der Waals surface area (Å²) < 4.78 is 11.0. The van der Waals surface area contributed by atoms with Crippen LogP contribution in [0.3, 0.4) is 0 Å². The molecule has 4 nitrogen and oxygen atoms in total. The van der Waals surface area contributed by atoms with E-state index < -0.39 is 0 Å². The van der Waals surface area contributed by atoms with Crippen LogP contribution < -0.4 is 14.8 Å². The molecular formula is C17H28N2O2. The highest BCUT2D eigenvalue weighted by Crippen LogP contribution is 2.35. The lowest BCUT2D eigenvalue weighted by Crippen LogP contribution is -2.42. The van der Waals surface area contributed by atoms with Crippen LogP contribution in [-0.4, -0.2) is 38.4 Å². The summed E-state index contributed by atoms with van der Waals surface area (Å²) >= 11 is 0. The molecule has 1 aromatic rings. The number of rotatable bonds is 8. The lowest BCUT2D eigenvalue weighted by molar-refractivity contribution is 0.172. The predicted octanol–water partition coefficient (Wildman–Crippen LogP) is 2.87. The van der Waals surface area contributed by atoms with Gasteiger partial charge in [0.25, 0.3) is 0 Å². The number of benzene rings is 1. The number of hydrogen-bond donors (Lipinski definition) is 1. The van der Waals surface area contributed by atoms with Crippen LogP contribution in [-0.2, 0) is 6.54 Å². The van der Waals surface area contributed by atoms with Crippen molar-refractivity contribution in [3.63, 3.8) is 0 Å². The van der Waals surface area contributed by atoms with E-state index in [1.165, 1.54) is 18.4 Å². The Labute approximate surface area is 128 Å². The van der Waals surface area contributed by atoms with Crippen molar-refractivity contribution < 1.29 is 9.47 Å². The van der Waals surface area contributed by atoms with E-state index in [9.17, 15) is 0 Å². The second-order valence-electron chi connectivity index (χ2n) is 5.89. The van der Waals surface area contributed by atoms with Gasteiger partial charge >= 0.3 is 0 Å². The summed E-state index contributed by atoms with van der Waals surface area (Å²) in [5.41, 5.74) is 1.17. The van der Waals surface area contributed by atoms with E-state index in [4.69, 9.17) is 9.47 Å². The highest BCUT2D eigenvalue weighted by atomic mass is 16.7. The first-order valence-electron chi connectivity index (χ1n) is 7.92. The van der Waals surface area contributed by atoms with Crippen molar-refractivity contribution in [1.29, 1.82) is 0 Å². The zero-order chi connectivity index (χ0) is 15.2. The first kappa shape index (κ1) is 16.1. The number of para-hydroxylation sites is 1. The Morgan fingerprint density at radius 3 is 2.62 bits per heavy atom. The van der Waals surface area contributed by atoms with Gasteiger partial charge in [-0.2, -0.15) is 0 Å². The van der Waals surface area contributed by atoms with E-state index in [1.54, 1.807) is 0 Å². The Morgan fingerprint density at radius 2 is 1.95 bits per heavy atom. The molecule has 0 fully saturated rings. The molecule has 21 heavy (non-hydrogen) atoms. The minimum absolute atomic E-state index is 0.334. The number of likely N-dealkylation sites (N-methyl/N-ethyl adjacent to an activating group) is 1. The van der Waals surface area contributed by atoms with Crippen LogP contribution in [0.5, 0.6) is 11.5 Å². The van der Waals surface area contributed by atoms with Crippen molar-refractivity contribution in [2.45, 2.75) is 39.3 Å². The third-order valence-corrected chi connectivity index (χ3v) is 4.40. The van der Waals surface area contributed by atoms with Gasteiger partial charge in [-0.15, -0.1) is 0 Å². The Morgan fingerprint density at radius 1 is 1.19 bits per heavy atom. The minimum Gasteiger partial charge on any atom is -0.454 e. The Kier molecular flexibility index (Phi) is 5.88. The van der Waals surface area contributed by atoms with Crippen molar-refractivity contribution in [1.82, 2.24) is 10.2 Å². The van der Waals surface area contributed by atoms with Crippen LogP contribution in [0.2, 0.25) is 0 Å². The molecule has 0 spiro atoms. The molecule has 0 radical (unpaired) electrons. The fourth-order valence-corrected chi connectivity index (χ4v) is 3.09. The van der Waals surface area contributed by atoms with Crippen molar-refractivity contribution in [2.75, 3.05) is 27.4 Å². The fourth-order valence-electron chi connectivity index (χ4n) is 3.09. The topological polar surface area (TPSA) is 33.7 Å². The van der Waals surface area contributed by atoms with Gasteiger partial charge in [0.1, 0.15) is 0 Å². The lowest BCUT2D eigenvalue weighted by atomic mass is 9.93. The van der Waals surface area contributed by atoms with Gasteiger partial charge in [0.15, 0.2) is 11.5 Å². The van der Waals surface area contributed by atoms with Gasteiger partial charge in [0.05, 0.1) is 0 Å². The highest BCUT2D eigenvalue weighted by Gasteiger charge is 2.21. The van der Waals surface area contributed by atoms with Crippen LogP contribution in [0, 0.1) is 5.92 Å². The van der Waals surface area contributed by atoms with Crippen molar-refractivity contribution >= 4 is 0 Å². The van der Waals surface area contributed by atoms with E-state index in [2.05, 4.69) is 44.2 Å². The molecule has 1 N–H and O–H groups in total. The van der Waals surface area contributed by atoms with E-state index in [0.29, 0.717) is 12.8 Å². The third-order valence-electron chi connectivity index (χ3n) is 4.40. The summed E-state index contributed by atoms with van der Waals surface area (Å²) in [4.78, 5) is 2.33. The van der Waals surface area contributed by atoms with Gasteiger partial charge in [-0.25, -0.2) is 0 Å². The molecule has 1 aliphatic heterocycles. The van der Waals surface area contributed by atoms with Crippen LogP contribution >= 0.6 is 0 Å². The molecule has 4 heteroatoms. The zero-order valence-corrected chi connectivity index (χ0v) is 13.7. The maximum atomic E-state index is 5.55. The standard InChI is InChI=1S/C17H28N2O2/c1-5-13(6-2)15(19(3)4)11-18-10-14-8-7-9-16-17(14)21-12-20-16/h7-9,13,15,18H,5-6,10-12H2,1-4H3. The van der Waals surface area contributed by atoms with Gasteiger partial charge in [-0.1, -0.05) is 38.8 Å². The fraction of sp³-hybridized carbons (Fsp3) is 0.647. The SMILES string of the molecule is CCC(CC)C(CNCc1cccc2c1OCO2)N(C)C. The number of nitrogens with zero attached hydrogens (tertiary/aromatic N) is 1. The van der Waals surface area contributed by atoms with Crippen molar-refractivity contribution in [3.05, 3.63) is 23.8 Å². The van der Waals surface area contributed by atoms with E-state index >= 15 is 0 Å². The summed E-state index contributed by atoms with van der Waals surface area (Å²) in [7, 11) is 4.34. The molecule has 118 valence electrons. The molecule has 1 atom stereocenters. The van der Waals surface area contributed by atoms with Crippen LogP contribution in [0.1, 0.15) is 32.3 Å². The molecule has 1 aromatic carbocycles. The zero-order valence-electron chi connectivity index (χ0n) is 13.7. The highest BCUT2D eigenvalue weighted by molar-refractivity contribution is 5.48. The quantitative estimate of drug-likeness (QED) is 0.799. The molecule has 0 saturated heterocycles. The van der Waals surface area contributed by atoms with Crippen molar-refractivity contribution in [3.8, 4) is 11.5 Å². The molecule has 0 bridgehead atoms. The van der Waals surface area contributed by atoms with Crippen LogP contribution in [0.15, 0.2) is 18.2 Å². The van der Waals surface area contributed by atoms with Gasteiger partial charge in [0, 0.05) is 24.7 Å². The smallest absolute Gasteiger partial charge is 0.231 e. The van der Waals surface area contributed by atoms with Gasteiger partial charge in [0.2, 0.25) is 6.79 Å². The number of hydrogen-bond acceptors (Lipinski definition) is 4. The number of fused-ring (bicyclic) bond motifs is 1. The average molecular weight is 292 g/mol. The third kappa shape index (κ3) is 3.89. The normalized spacial score (nSPS) is 15.0. The van der Waals surface area contributed by atoms with E-state index in [0.717, 1.165) is 30.5 Å². The summed E-state index contributed by atoms with van der Waals surface area (Å²) in [5, 5.41) is 3.58. The Bertz CT molecular complexity index is 444. The minimum atomic E-state index is 0.334. The maximum absolute atomic E-state index is 5.55. The van der Waals surface area contributed by atoms with Crippen molar-refractivity contribution in [2.24, 2.45) is 5.92 Å². The number of ether oxygens (including phenoxy) is 2. The summed E-state index contributed by atoms with van der Waals surface area (Å²) in [6.45, 7) is 6.70. The summed E-state index contributed by atoms with van der Waals surface area (Å²) in [6, 6.07) is 6.64. The molecule has 2 rings (SSSR count). The second-order valence-corrected chi connectivity index (χ2v) is 5.89. The second kappa shape index (κ2) is 7.66. The van der Waals surface area contributed by atoms with E-state index in [1.807, 2.05) is 12.1 Å². The summed E-state index contributed by atoms with van der Waals surface area (Å²) in [5.74, 6) is 2.49. The van der Waals surface area contributed by atoms with Gasteiger partial charge in [-0.3, -0.25) is 0 Å². The molecule has 1 heterocycles. The van der Waals surface area contributed by atoms with Crippen LogP contribution in [0.25, 0.3) is 0 Å². The average Bonchev–Trinajstić information content (AvgIpc) is 2.95. The molecular weight excluding hydrogens is 264 g/mol. The van der Waals surface area contributed by atoms with E-state index in [-0.39, 0.29) is 0 Å². The maximum Gasteiger partial charge on any atom is 0.231 e. The Hall–Kier alpha value is -1.26. The predicted molar refractivity (Wildman–Crippen MR) is 85.8 cm³/mol. The molecule has 0 amide bonds. The number of nitrogens with one attached hydrogen (secondary N) is 1. The van der Waals surface area contributed by atoms with Crippen LogP contribution in [0.4, 0.5) is 0 Å². The molecule has 1 aliphatic rings. The van der Waals surface area contributed by atoms with Gasteiger partial charge in [-0.05, 0) is 26.1 Å². The Balaban J connectivity index is 1.92. The lowest BCUT2D eigenvalue weighted by Gasteiger charge is -2.31. The first-order chi connectivity index (χ1) is 10.2. The molecule has 0 saturated carbocycles. The van der Waals surface area contributed by atoms with Gasteiger partial charge < -0.3 is 19.7 Å². The molecule has 1 unspecified atom stereocenters. The molecule has 0 aromatic heterocycles. The summed E-state index contributed by atoms with van der Waals surface area (Å²) in [6.07, 6.45) is 2.44. The monoisotopic (exact) mass is 292 g/mol. The largest absolute Gasteiger partial charge is 0.454 e. The molecule has 0 aliphatic carbocycles.